The van der Waals surface area contributed by atoms with E-state index in [0.29, 0.717) is 5.78 Å². The van der Waals surface area contributed by atoms with Crippen LogP contribution in [-0.2, 0) is 6.42 Å². The number of rotatable bonds is 2. The SMILES string of the molecule is CC1Cc2c(C=C[Si](C)(C)C)cccc2C1=O. The second-order valence-electron chi connectivity index (χ2n) is 6.04. The van der Waals surface area contributed by atoms with Crippen molar-refractivity contribution in [1.82, 2.24) is 0 Å². The highest BCUT2D eigenvalue weighted by Crippen LogP contribution is 2.30. The fourth-order valence-electron chi connectivity index (χ4n) is 2.22. The summed E-state index contributed by atoms with van der Waals surface area (Å²) in [6.45, 7) is 8.98. The van der Waals surface area contributed by atoms with Crippen molar-refractivity contribution in [2.75, 3.05) is 0 Å². The van der Waals surface area contributed by atoms with Crippen LogP contribution >= 0.6 is 0 Å². The van der Waals surface area contributed by atoms with E-state index in [1.165, 1.54) is 11.1 Å². The smallest absolute Gasteiger partial charge is 0.166 e. The number of benzene rings is 1. The van der Waals surface area contributed by atoms with Gasteiger partial charge in [-0.1, -0.05) is 56.5 Å². The van der Waals surface area contributed by atoms with Gasteiger partial charge in [0, 0.05) is 11.5 Å². The van der Waals surface area contributed by atoms with Gasteiger partial charge in [0.25, 0.3) is 0 Å². The Bertz CT molecular complexity index is 480. The molecule has 1 aliphatic carbocycles. The molecule has 0 heterocycles. The van der Waals surface area contributed by atoms with E-state index in [4.69, 9.17) is 0 Å². The summed E-state index contributed by atoms with van der Waals surface area (Å²) < 4.78 is 0. The monoisotopic (exact) mass is 244 g/mol. The van der Waals surface area contributed by atoms with E-state index in [0.717, 1.165) is 12.0 Å². The minimum Gasteiger partial charge on any atom is -0.294 e. The van der Waals surface area contributed by atoms with Crippen LogP contribution in [0.1, 0.15) is 28.4 Å². The van der Waals surface area contributed by atoms with Crippen LogP contribution in [0.5, 0.6) is 0 Å². The number of carbonyl (C=O) groups excluding carboxylic acids is 1. The lowest BCUT2D eigenvalue weighted by Gasteiger charge is -2.09. The maximum absolute atomic E-state index is 11.9. The second-order valence-corrected chi connectivity index (χ2v) is 11.1. The molecule has 17 heavy (non-hydrogen) atoms. The van der Waals surface area contributed by atoms with Gasteiger partial charge >= 0.3 is 0 Å². The summed E-state index contributed by atoms with van der Waals surface area (Å²) in [6.07, 6.45) is 3.12. The number of hydrogen-bond donors (Lipinski definition) is 0. The van der Waals surface area contributed by atoms with Crippen molar-refractivity contribution in [1.29, 1.82) is 0 Å². The van der Waals surface area contributed by atoms with E-state index < -0.39 is 8.07 Å². The highest BCUT2D eigenvalue weighted by molar-refractivity contribution is 6.81. The van der Waals surface area contributed by atoms with Gasteiger partial charge in [-0.2, -0.15) is 0 Å². The number of ketones is 1. The van der Waals surface area contributed by atoms with Crippen molar-refractivity contribution < 1.29 is 4.79 Å². The zero-order chi connectivity index (χ0) is 12.6. The summed E-state index contributed by atoms with van der Waals surface area (Å²) in [7, 11) is -1.17. The van der Waals surface area contributed by atoms with Crippen LogP contribution in [0.25, 0.3) is 6.08 Å². The highest BCUT2D eigenvalue weighted by Gasteiger charge is 2.27. The number of fused-ring (bicyclic) bond motifs is 1. The Morgan fingerprint density at radius 2 is 2.00 bits per heavy atom. The van der Waals surface area contributed by atoms with Crippen LogP contribution in [0.15, 0.2) is 23.9 Å². The Morgan fingerprint density at radius 1 is 1.29 bits per heavy atom. The molecule has 1 atom stereocenters. The molecule has 0 bridgehead atoms. The van der Waals surface area contributed by atoms with Crippen LogP contribution in [0.4, 0.5) is 0 Å². The minimum atomic E-state index is -1.17. The first-order chi connectivity index (χ1) is 7.88. The summed E-state index contributed by atoms with van der Waals surface area (Å²) >= 11 is 0. The molecule has 0 saturated carbocycles. The van der Waals surface area contributed by atoms with E-state index in [9.17, 15) is 4.79 Å². The Balaban J connectivity index is 2.40. The van der Waals surface area contributed by atoms with Gasteiger partial charge < -0.3 is 0 Å². The molecule has 2 rings (SSSR count). The molecule has 1 unspecified atom stereocenters. The van der Waals surface area contributed by atoms with Gasteiger partial charge in [-0.05, 0) is 17.5 Å². The Morgan fingerprint density at radius 3 is 2.65 bits per heavy atom. The van der Waals surface area contributed by atoms with Crippen molar-refractivity contribution in [3.8, 4) is 0 Å². The molecule has 90 valence electrons. The van der Waals surface area contributed by atoms with Crippen molar-refractivity contribution in [3.05, 3.63) is 40.6 Å². The van der Waals surface area contributed by atoms with E-state index in [2.05, 4.69) is 37.5 Å². The van der Waals surface area contributed by atoms with Crippen LogP contribution < -0.4 is 0 Å². The molecule has 0 N–H and O–H groups in total. The number of hydrogen-bond acceptors (Lipinski definition) is 1. The molecule has 0 saturated heterocycles. The molecule has 0 radical (unpaired) electrons. The van der Waals surface area contributed by atoms with Gasteiger partial charge in [-0.15, -0.1) is 0 Å². The van der Waals surface area contributed by atoms with Gasteiger partial charge in [0.15, 0.2) is 5.78 Å². The summed E-state index contributed by atoms with van der Waals surface area (Å²) in [5.74, 6) is 0.467. The predicted octanol–water partition coefficient (Wildman–Crippen LogP) is 3.95. The Hall–Kier alpha value is -1.15. The summed E-state index contributed by atoms with van der Waals surface area (Å²) in [6, 6.07) is 6.09. The molecule has 1 aliphatic rings. The van der Waals surface area contributed by atoms with Crippen molar-refractivity contribution in [2.24, 2.45) is 5.92 Å². The molecule has 1 aromatic rings. The van der Waals surface area contributed by atoms with Gasteiger partial charge in [-0.25, -0.2) is 0 Å². The average molecular weight is 244 g/mol. The lowest BCUT2D eigenvalue weighted by atomic mass is 10.0. The van der Waals surface area contributed by atoms with Crippen LogP contribution in [-0.4, -0.2) is 13.9 Å². The molecular formula is C15H20OSi. The van der Waals surface area contributed by atoms with Crippen LogP contribution in [0.2, 0.25) is 19.6 Å². The molecular weight excluding hydrogens is 224 g/mol. The quantitative estimate of drug-likeness (QED) is 0.720. The summed E-state index contributed by atoms with van der Waals surface area (Å²) in [5.41, 5.74) is 5.77. The van der Waals surface area contributed by atoms with E-state index >= 15 is 0 Å². The second kappa shape index (κ2) is 4.26. The molecule has 1 aromatic carbocycles. The first-order valence-electron chi connectivity index (χ1n) is 6.24. The standard InChI is InChI=1S/C15H20OSi/c1-11-10-14-12(8-9-17(2,3)4)6-5-7-13(14)15(11)16/h5-9,11H,10H2,1-4H3. The van der Waals surface area contributed by atoms with Gasteiger partial charge in [0.1, 0.15) is 0 Å². The molecule has 0 fully saturated rings. The molecule has 0 aromatic heterocycles. The number of Topliss-reactive ketones (excluding diaryl/α,β-unsaturated/α-hetero) is 1. The molecule has 2 heteroatoms. The fourth-order valence-corrected chi connectivity index (χ4v) is 2.90. The van der Waals surface area contributed by atoms with Gasteiger partial charge in [0.2, 0.25) is 0 Å². The van der Waals surface area contributed by atoms with E-state index in [1.54, 1.807) is 0 Å². The fraction of sp³-hybridized carbons (Fsp3) is 0.400. The van der Waals surface area contributed by atoms with Crippen molar-refractivity contribution in [3.63, 3.8) is 0 Å². The average Bonchev–Trinajstić information content (AvgIpc) is 2.52. The summed E-state index contributed by atoms with van der Waals surface area (Å²) in [4.78, 5) is 11.9. The minimum absolute atomic E-state index is 0.159. The predicted molar refractivity (Wildman–Crippen MR) is 76.0 cm³/mol. The third-order valence-electron chi connectivity index (χ3n) is 3.20. The lowest BCUT2D eigenvalue weighted by Crippen LogP contribution is -2.15. The topological polar surface area (TPSA) is 17.1 Å². The molecule has 0 aliphatic heterocycles. The molecule has 1 nitrogen and oxygen atoms in total. The third kappa shape index (κ3) is 2.58. The van der Waals surface area contributed by atoms with Crippen molar-refractivity contribution >= 4 is 19.9 Å². The zero-order valence-electron chi connectivity index (χ0n) is 11.1. The molecule has 0 spiro atoms. The first kappa shape index (κ1) is 12.3. The molecule has 0 amide bonds. The Labute approximate surface area is 105 Å². The zero-order valence-corrected chi connectivity index (χ0v) is 12.1. The number of carbonyl (C=O) groups is 1. The highest BCUT2D eigenvalue weighted by atomic mass is 28.3. The van der Waals surface area contributed by atoms with Crippen molar-refractivity contribution in [2.45, 2.75) is 33.0 Å². The van der Waals surface area contributed by atoms with E-state index in [1.807, 2.05) is 19.1 Å². The van der Waals surface area contributed by atoms with Gasteiger partial charge in [0.05, 0.1) is 8.07 Å². The summed E-state index contributed by atoms with van der Waals surface area (Å²) in [5, 5.41) is 0. The maximum Gasteiger partial charge on any atom is 0.166 e. The normalized spacial score (nSPS) is 20.0. The third-order valence-corrected chi connectivity index (χ3v) is 4.37. The lowest BCUT2D eigenvalue weighted by molar-refractivity contribution is 0.0946. The van der Waals surface area contributed by atoms with E-state index in [-0.39, 0.29) is 5.92 Å². The van der Waals surface area contributed by atoms with Crippen LogP contribution in [0.3, 0.4) is 0 Å². The largest absolute Gasteiger partial charge is 0.294 e. The Kier molecular flexibility index (Phi) is 3.08. The van der Waals surface area contributed by atoms with Crippen LogP contribution in [0, 0.1) is 5.92 Å². The maximum atomic E-state index is 11.9. The van der Waals surface area contributed by atoms with Gasteiger partial charge in [-0.3, -0.25) is 4.79 Å². The first-order valence-corrected chi connectivity index (χ1v) is 9.81.